The Morgan fingerprint density at radius 2 is 2.23 bits per heavy atom. The number of rotatable bonds is 2. The summed E-state index contributed by atoms with van der Waals surface area (Å²) in [4.78, 5) is 14.4. The SMILES string of the molecule is Cc1cc([C@H]2CCCN2C(=O)Nc2cc(Cl)ccc2C)on1. The van der Waals surface area contributed by atoms with Crippen LogP contribution < -0.4 is 5.32 Å². The van der Waals surface area contributed by atoms with Crippen molar-refractivity contribution in [2.45, 2.75) is 32.7 Å². The van der Waals surface area contributed by atoms with Crippen molar-refractivity contribution in [1.29, 1.82) is 0 Å². The molecule has 1 N–H and O–H groups in total. The van der Waals surface area contributed by atoms with Crippen LogP contribution in [0.25, 0.3) is 0 Å². The number of nitrogens with one attached hydrogen (secondary N) is 1. The molecule has 2 heterocycles. The first kappa shape index (κ1) is 14.9. The van der Waals surface area contributed by atoms with Crippen LogP contribution in [0.3, 0.4) is 0 Å². The van der Waals surface area contributed by atoms with Crippen LogP contribution in [0.4, 0.5) is 10.5 Å². The van der Waals surface area contributed by atoms with Crippen molar-refractivity contribution >= 4 is 23.3 Å². The van der Waals surface area contributed by atoms with Crippen molar-refractivity contribution in [3.8, 4) is 0 Å². The van der Waals surface area contributed by atoms with Crippen LogP contribution in [-0.2, 0) is 0 Å². The van der Waals surface area contributed by atoms with E-state index in [-0.39, 0.29) is 12.1 Å². The van der Waals surface area contributed by atoms with Gasteiger partial charge in [-0.25, -0.2) is 4.79 Å². The molecule has 2 amide bonds. The maximum absolute atomic E-state index is 12.6. The summed E-state index contributed by atoms with van der Waals surface area (Å²) in [7, 11) is 0. The molecule has 0 bridgehead atoms. The highest BCUT2D eigenvalue weighted by Gasteiger charge is 2.32. The Kier molecular flexibility index (Phi) is 4.07. The van der Waals surface area contributed by atoms with Crippen molar-refractivity contribution < 1.29 is 9.32 Å². The van der Waals surface area contributed by atoms with Crippen molar-refractivity contribution in [2.75, 3.05) is 11.9 Å². The van der Waals surface area contributed by atoms with Crippen LogP contribution in [0, 0.1) is 13.8 Å². The molecule has 116 valence electrons. The number of carbonyl (C=O) groups excluding carboxylic acids is 1. The summed E-state index contributed by atoms with van der Waals surface area (Å²) in [6, 6.07) is 7.16. The zero-order valence-electron chi connectivity index (χ0n) is 12.6. The maximum Gasteiger partial charge on any atom is 0.322 e. The predicted molar refractivity (Wildman–Crippen MR) is 85.1 cm³/mol. The first-order valence-electron chi connectivity index (χ1n) is 7.31. The number of amides is 2. The van der Waals surface area contributed by atoms with Gasteiger partial charge in [-0.2, -0.15) is 0 Å². The van der Waals surface area contributed by atoms with Crippen molar-refractivity contribution in [3.63, 3.8) is 0 Å². The third-order valence-electron chi connectivity index (χ3n) is 3.93. The van der Waals surface area contributed by atoms with Crippen molar-refractivity contribution in [3.05, 3.63) is 46.3 Å². The lowest BCUT2D eigenvalue weighted by atomic mass is 10.1. The molecule has 1 aliphatic heterocycles. The Hall–Kier alpha value is -2.01. The second-order valence-corrected chi connectivity index (χ2v) is 6.05. The molecular weight excluding hydrogens is 302 g/mol. The number of aryl methyl sites for hydroxylation is 2. The summed E-state index contributed by atoms with van der Waals surface area (Å²) in [6.45, 7) is 4.52. The fraction of sp³-hybridized carbons (Fsp3) is 0.375. The van der Waals surface area contributed by atoms with Crippen LogP contribution in [-0.4, -0.2) is 22.6 Å². The van der Waals surface area contributed by atoms with Gasteiger partial charge in [0.05, 0.1) is 11.7 Å². The van der Waals surface area contributed by atoms with Gasteiger partial charge in [0.1, 0.15) is 0 Å². The van der Waals surface area contributed by atoms with Gasteiger partial charge in [-0.15, -0.1) is 0 Å². The molecule has 0 unspecified atom stereocenters. The Labute approximate surface area is 134 Å². The van der Waals surface area contributed by atoms with E-state index in [1.807, 2.05) is 32.0 Å². The summed E-state index contributed by atoms with van der Waals surface area (Å²) >= 11 is 6.00. The number of likely N-dealkylation sites (tertiary alicyclic amines) is 1. The quantitative estimate of drug-likeness (QED) is 0.897. The topological polar surface area (TPSA) is 58.4 Å². The number of urea groups is 1. The Balaban J connectivity index is 1.77. The van der Waals surface area contributed by atoms with E-state index < -0.39 is 0 Å². The van der Waals surface area contributed by atoms with Crippen LogP contribution >= 0.6 is 11.6 Å². The third-order valence-corrected chi connectivity index (χ3v) is 4.16. The second-order valence-electron chi connectivity index (χ2n) is 5.61. The Morgan fingerprint density at radius 3 is 2.95 bits per heavy atom. The molecule has 6 heteroatoms. The molecule has 22 heavy (non-hydrogen) atoms. The minimum atomic E-state index is -0.137. The molecule has 1 aromatic heterocycles. The molecule has 1 aliphatic rings. The lowest BCUT2D eigenvalue weighted by molar-refractivity contribution is 0.195. The highest BCUT2D eigenvalue weighted by atomic mass is 35.5. The molecule has 5 nitrogen and oxygen atoms in total. The van der Waals surface area contributed by atoms with Crippen LogP contribution in [0.1, 0.15) is 35.9 Å². The molecule has 1 fully saturated rings. The first-order chi connectivity index (χ1) is 10.5. The van der Waals surface area contributed by atoms with Gasteiger partial charge in [0, 0.05) is 23.3 Å². The van der Waals surface area contributed by atoms with Gasteiger partial charge in [-0.3, -0.25) is 0 Å². The molecule has 1 atom stereocenters. The standard InChI is InChI=1S/C16H18ClN3O2/c1-10-5-6-12(17)9-13(10)18-16(21)20-7-3-4-14(20)15-8-11(2)19-22-15/h5-6,8-9,14H,3-4,7H2,1-2H3,(H,18,21)/t14-/m1/s1. The predicted octanol–water partition coefficient (Wildman–Crippen LogP) is 4.31. The highest BCUT2D eigenvalue weighted by molar-refractivity contribution is 6.31. The largest absolute Gasteiger partial charge is 0.359 e. The molecule has 1 aromatic carbocycles. The van der Waals surface area contributed by atoms with Crippen LogP contribution in [0.15, 0.2) is 28.8 Å². The van der Waals surface area contributed by atoms with Crippen LogP contribution in [0.5, 0.6) is 0 Å². The number of hydrogen-bond donors (Lipinski definition) is 1. The normalized spacial score (nSPS) is 17.8. The molecule has 3 rings (SSSR count). The lowest BCUT2D eigenvalue weighted by Gasteiger charge is -2.23. The van der Waals surface area contributed by atoms with Gasteiger partial charge in [0.2, 0.25) is 0 Å². The van der Waals surface area contributed by atoms with E-state index in [1.54, 1.807) is 11.0 Å². The van der Waals surface area contributed by atoms with Crippen molar-refractivity contribution in [2.24, 2.45) is 0 Å². The number of anilines is 1. The minimum Gasteiger partial charge on any atom is -0.359 e. The van der Waals surface area contributed by atoms with E-state index in [1.165, 1.54) is 0 Å². The first-order valence-corrected chi connectivity index (χ1v) is 7.69. The minimum absolute atomic E-state index is 0.0549. The zero-order chi connectivity index (χ0) is 15.7. The van der Waals surface area contributed by atoms with Gasteiger partial charge in [-0.05, 0) is 44.4 Å². The number of nitrogens with zero attached hydrogens (tertiary/aromatic N) is 2. The Bertz CT molecular complexity index is 698. The van der Waals surface area contributed by atoms with Gasteiger partial charge in [0.15, 0.2) is 5.76 Å². The van der Waals surface area contributed by atoms with E-state index >= 15 is 0 Å². The molecular formula is C16H18ClN3O2. The molecule has 0 spiro atoms. The van der Waals surface area contributed by atoms with E-state index in [0.29, 0.717) is 11.6 Å². The maximum atomic E-state index is 12.6. The number of carbonyl (C=O) groups is 1. The fourth-order valence-electron chi connectivity index (χ4n) is 2.76. The average Bonchev–Trinajstić information content (AvgIpc) is 3.11. The van der Waals surface area contributed by atoms with Gasteiger partial charge >= 0.3 is 6.03 Å². The number of hydrogen-bond acceptors (Lipinski definition) is 3. The zero-order valence-corrected chi connectivity index (χ0v) is 13.4. The second kappa shape index (κ2) is 6.01. The smallest absolute Gasteiger partial charge is 0.322 e. The molecule has 0 aliphatic carbocycles. The molecule has 0 radical (unpaired) electrons. The number of halogens is 1. The number of benzene rings is 1. The molecule has 0 saturated carbocycles. The summed E-state index contributed by atoms with van der Waals surface area (Å²) in [5, 5.41) is 7.46. The summed E-state index contributed by atoms with van der Waals surface area (Å²) in [5.74, 6) is 0.743. The third kappa shape index (κ3) is 2.95. The van der Waals surface area contributed by atoms with E-state index in [9.17, 15) is 4.79 Å². The van der Waals surface area contributed by atoms with E-state index in [2.05, 4.69) is 10.5 Å². The highest BCUT2D eigenvalue weighted by Crippen LogP contribution is 2.33. The summed E-state index contributed by atoms with van der Waals surface area (Å²) in [5.41, 5.74) is 2.54. The lowest BCUT2D eigenvalue weighted by Crippen LogP contribution is -2.34. The molecule has 2 aromatic rings. The van der Waals surface area contributed by atoms with Gasteiger partial charge < -0.3 is 14.7 Å². The number of aromatic nitrogens is 1. The summed E-state index contributed by atoms with van der Waals surface area (Å²) in [6.07, 6.45) is 1.84. The average molecular weight is 320 g/mol. The van der Waals surface area contributed by atoms with Gasteiger partial charge in [0.25, 0.3) is 0 Å². The van der Waals surface area contributed by atoms with E-state index in [0.717, 1.165) is 35.5 Å². The molecule has 1 saturated heterocycles. The van der Waals surface area contributed by atoms with Gasteiger partial charge in [-0.1, -0.05) is 22.8 Å². The van der Waals surface area contributed by atoms with Crippen LogP contribution in [0.2, 0.25) is 5.02 Å². The van der Waals surface area contributed by atoms with Crippen molar-refractivity contribution in [1.82, 2.24) is 10.1 Å². The fourth-order valence-corrected chi connectivity index (χ4v) is 2.93. The monoisotopic (exact) mass is 319 g/mol. The Morgan fingerprint density at radius 1 is 1.41 bits per heavy atom. The summed E-state index contributed by atoms with van der Waals surface area (Å²) < 4.78 is 5.33. The van der Waals surface area contributed by atoms with E-state index in [4.69, 9.17) is 16.1 Å².